The van der Waals surface area contributed by atoms with E-state index in [0.29, 0.717) is 62.4 Å². The van der Waals surface area contributed by atoms with Gasteiger partial charge in [0, 0.05) is 66.6 Å². The Balaban J connectivity index is 0.000000138. The Hall–Kier alpha value is -5.39. The Labute approximate surface area is 361 Å². The Kier molecular flexibility index (Phi) is 13.7. The summed E-state index contributed by atoms with van der Waals surface area (Å²) >= 11 is 0. The van der Waals surface area contributed by atoms with Crippen LogP contribution < -0.4 is 36.0 Å². The van der Waals surface area contributed by atoms with Crippen molar-refractivity contribution in [3.63, 3.8) is 0 Å². The second-order valence-electron chi connectivity index (χ2n) is 18.0. The van der Waals surface area contributed by atoms with Crippen LogP contribution in [0, 0.1) is 20.8 Å². The number of carbonyl (C=O) groups excluding carboxylic acids is 5. The average Bonchev–Trinajstić information content (AvgIpc) is 3.66. The third-order valence-corrected chi connectivity index (χ3v) is 14.0. The van der Waals surface area contributed by atoms with Crippen molar-refractivity contribution in [2.75, 3.05) is 42.4 Å². The van der Waals surface area contributed by atoms with Crippen LogP contribution in [0.4, 0.5) is 31.4 Å². The number of rotatable bonds is 3. The summed E-state index contributed by atoms with van der Waals surface area (Å²) < 4.78 is 0. The molecule has 12 heteroatoms. The number of anilines is 3. The molecule has 4 heterocycles. The van der Waals surface area contributed by atoms with Crippen molar-refractivity contribution >= 4 is 46.8 Å². The number of urea groups is 3. The van der Waals surface area contributed by atoms with Gasteiger partial charge in [0.25, 0.3) is 0 Å². The number of nitrogens with one attached hydrogen (secondary N) is 4. The van der Waals surface area contributed by atoms with Crippen LogP contribution in [-0.2, 0) is 29.2 Å². The molecule has 0 radical (unpaired) electrons. The van der Waals surface area contributed by atoms with Gasteiger partial charge in [-0.05, 0) is 145 Å². The topological polar surface area (TPSA) is 143 Å². The predicted molar refractivity (Wildman–Crippen MR) is 242 cm³/mol. The number of hydrogen-bond donors (Lipinski definition) is 4. The van der Waals surface area contributed by atoms with Crippen LogP contribution >= 0.6 is 0 Å². The number of ketones is 1. The van der Waals surface area contributed by atoms with Gasteiger partial charge in [0.1, 0.15) is 5.78 Å². The highest BCUT2D eigenvalue weighted by Crippen LogP contribution is 2.39. The van der Waals surface area contributed by atoms with Crippen molar-refractivity contribution in [2.45, 2.75) is 142 Å². The molecule has 3 aromatic carbocycles. The van der Waals surface area contributed by atoms with Gasteiger partial charge in [-0.25, -0.2) is 14.4 Å². The van der Waals surface area contributed by atoms with Gasteiger partial charge < -0.3 is 21.3 Å². The molecule has 4 N–H and O–H groups in total. The Morgan fingerprint density at radius 3 is 1.21 bits per heavy atom. The molecule has 3 fully saturated rings. The number of aryl methyl sites for hydroxylation is 3. The van der Waals surface area contributed by atoms with Crippen molar-refractivity contribution in [1.82, 2.24) is 21.3 Å². The molecule has 6 aliphatic rings. The molecule has 2 saturated carbocycles. The quantitative estimate of drug-likeness (QED) is 0.195. The molecule has 1 unspecified atom stereocenters. The molecule has 0 bridgehead atoms. The van der Waals surface area contributed by atoms with E-state index in [1.54, 1.807) is 28.8 Å². The van der Waals surface area contributed by atoms with Gasteiger partial charge in [0.05, 0.1) is 17.1 Å². The molecular formula is C49H65N7O5. The molecule has 0 aromatic heterocycles. The lowest BCUT2D eigenvalue weighted by atomic mass is 9.82. The summed E-state index contributed by atoms with van der Waals surface area (Å²) in [6, 6.07) is 13.2. The van der Waals surface area contributed by atoms with Crippen LogP contribution in [0.15, 0.2) is 36.4 Å². The van der Waals surface area contributed by atoms with Crippen LogP contribution in [0.25, 0.3) is 0 Å². The molecule has 0 spiro atoms. The van der Waals surface area contributed by atoms with E-state index < -0.39 is 0 Å². The summed E-state index contributed by atoms with van der Waals surface area (Å²) in [5.41, 5.74) is 14.5. The maximum absolute atomic E-state index is 11.8. The molecule has 326 valence electrons. The number of hydrogen-bond acceptors (Lipinski definition) is 5. The summed E-state index contributed by atoms with van der Waals surface area (Å²) in [7, 11) is 5.47. The number of Topliss-reactive ketones (excluding diaryl/α,β-unsaturated/α-hetero) is 1. The van der Waals surface area contributed by atoms with Crippen molar-refractivity contribution in [3.8, 4) is 0 Å². The van der Waals surface area contributed by atoms with Crippen LogP contribution in [0.3, 0.4) is 0 Å². The van der Waals surface area contributed by atoms with Crippen LogP contribution in [0.2, 0.25) is 0 Å². The molecule has 61 heavy (non-hydrogen) atoms. The van der Waals surface area contributed by atoms with Crippen LogP contribution in [-0.4, -0.2) is 57.5 Å². The number of nitrogens with zero attached hydrogens (tertiary/aromatic N) is 3. The van der Waals surface area contributed by atoms with Gasteiger partial charge >= 0.3 is 18.1 Å². The lowest BCUT2D eigenvalue weighted by Gasteiger charge is -2.30. The van der Waals surface area contributed by atoms with E-state index >= 15 is 0 Å². The Morgan fingerprint density at radius 2 is 0.803 bits per heavy atom. The summed E-state index contributed by atoms with van der Waals surface area (Å²) in [4.78, 5) is 63.4. The van der Waals surface area contributed by atoms with Crippen molar-refractivity contribution in [3.05, 3.63) is 86.5 Å². The van der Waals surface area contributed by atoms with E-state index in [4.69, 9.17) is 0 Å². The zero-order valence-corrected chi connectivity index (χ0v) is 37.1. The minimum atomic E-state index is -0.0586. The summed E-state index contributed by atoms with van der Waals surface area (Å²) in [5.74, 6) is 2.04. The second kappa shape index (κ2) is 19.1. The van der Waals surface area contributed by atoms with Crippen molar-refractivity contribution in [1.29, 1.82) is 0 Å². The van der Waals surface area contributed by atoms with Crippen molar-refractivity contribution in [2.24, 2.45) is 0 Å². The first-order valence-electron chi connectivity index (χ1n) is 22.5. The fraction of sp³-hybridized carbons (Fsp3) is 0.531. The summed E-state index contributed by atoms with van der Waals surface area (Å²) in [6.07, 6.45) is 13.7. The fourth-order valence-corrected chi connectivity index (χ4v) is 10.1. The number of amides is 7. The third-order valence-electron chi connectivity index (χ3n) is 14.0. The minimum Gasteiger partial charge on any atom is -0.356 e. The summed E-state index contributed by atoms with van der Waals surface area (Å²) in [6.45, 7) is 8.95. The Bertz CT molecular complexity index is 2170. The normalized spacial score (nSPS) is 20.8. The molecule has 1 atom stereocenters. The minimum absolute atomic E-state index is 0.00918. The van der Waals surface area contributed by atoms with E-state index in [1.165, 1.54) is 88.6 Å². The van der Waals surface area contributed by atoms with Gasteiger partial charge in [-0.1, -0.05) is 43.9 Å². The standard InChI is InChI=1S/C17H24N2O.C16H21N3O2.C16H20N2O2/c1-12-9-14(13-7-5-3-4-6-8-13)10-16-15(12)11-18-17(20)19(16)2;1-10-7-12(11-3-4-15(20)17-6-5-11)8-14-13(10)9-18-16(21)19(14)2;1-10-7-12(11-3-5-13(19)6-4-11)8-15-14(10)9-17-16(20)18(15)2/h9-10,13H,3-8,11H2,1-2H3,(H,18,20);7-8,11H,3-6,9H2,1-2H3,(H,17,20)(H,18,21);7-8,11H,3-6,9H2,1-2H3,(H,17,20). The van der Waals surface area contributed by atoms with Crippen LogP contribution in [0.1, 0.15) is 151 Å². The largest absolute Gasteiger partial charge is 0.356 e. The zero-order chi connectivity index (χ0) is 43.4. The van der Waals surface area contributed by atoms with Gasteiger partial charge in [0.15, 0.2) is 0 Å². The lowest BCUT2D eigenvalue weighted by Crippen LogP contribution is -2.42. The first kappa shape index (κ1) is 43.7. The zero-order valence-electron chi connectivity index (χ0n) is 37.1. The highest BCUT2D eigenvalue weighted by molar-refractivity contribution is 5.96. The summed E-state index contributed by atoms with van der Waals surface area (Å²) in [5, 5.41) is 11.6. The molecule has 3 aromatic rings. The molecular weight excluding hydrogens is 767 g/mol. The van der Waals surface area contributed by atoms with Gasteiger partial charge in [-0.2, -0.15) is 0 Å². The SMILES string of the molecule is Cc1cc(C2CCC(=O)CC2)cc2c1CNC(=O)N2C.Cc1cc(C2CCCCCC2)cc2c1CNC(=O)N2C.Cc1cc(C2CCNC(=O)CC2)cc2c1CNC(=O)N2C. The molecule has 12 nitrogen and oxygen atoms in total. The molecule has 7 amide bonds. The van der Waals surface area contributed by atoms with Gasteiger partial charge in [0.2, 0.25) is 5.91 Å². The fourth-order valence-electron chi connectivity index (χ4n) is 10.1. The lowest BCUT2D eigenvalue weighted by molar-refractivity contribution is -0.121. The number of carbonyl (C=O) groups is 5. The highest BCUT2D eigenvalue weighted by atomic mass is 16.2. The maximum Gasteiger partial charge on any atom is 0.321 e. The van der Waals surface area contributed by atoms with Crippen molar-refractivity contribution < 1.29 is 24.0 Å². The van der Waals surface area contributed by atoms with E-state index in [-0.39, 0.29) is 24.0 Å². The first-order chi connectivity index (χ1) is 29.3. The molecule has 9 rings (SSSR count). The van der Waals surface area contributed by atoms with Gasteiger partial charge in [-0.3, -0.25) is 24.3 Å². The number of fused-ring (bicyclic) bond motifs is 3. The monoisotopic (exact) mass is 832 g/mol. The highest BCUT2D eigenvalue weighted by Gasteiger charge is 2.28. The third kappa shape index (κ3) is 9.89. The smallest absolute Gasteiger partial charge is 0.321 e. The van der Waals surface area contributed by atoms with E-state index in [9.17, 15) is 24.0 Å². The predicted octanol–water partition coefficient (Wildman–Crippen LogP) is 9.01. The average molecular weight is 832 g/mol. The van der Waals surface area contributed by atoms with Gasteiger partial charge in [-0.15, -0.1) is 0 Å². The molecule has 2 aliphatic carbocycles. The van der Waals surface area contributed by atoms with E-state index in [2.05, 4.69) is 78.4 Å². The Morgan fingerprint density at radius 1 is 0.443 bits per heavy atom. The van der Waals surface area contributed by atoms with E-state index in [1.807, 2.05) is 7.05 Å². The van der Waals surface area contributed by atoms with Crippen LogP contribution in [0.5, 0.6) is 0 Å². The second-order valence-corrected chi connectivity index (χ2v) is 18.0. The van der Waals surface area contributed by atoms with E-state index in [0.717, 1.165) is 49.3 Å². The molecule has 4 aliphatic heterocycles. The number of benzene rings is 3. The maximum atomic E-state index is 11.8. The first-order valence-corrected chi connectivity index (χ1v) is 22.5. The molecule has 1 saturated heterocycles.